The van der Waals surface area contributed by atoms with E-state index in [4.69, 9.17) is 0 Å². The van der Waals surface area contributed by atoms with Crippen molar-refractivity contribution in [2.45, 2.75) is 32.2 Å². The summed E-state index contributed by atoms with van der Waals surface area (Å²) in [6.45, 7) is 11.8. The minimum Gasteiger partial charge on any atom is -0.356 e. The SMILES string of the molecule is CCN1CCN(CCCCNC(=NC)NC2CCN(c3ncccc3F)C2)CC1. The van der Waals surface area contributed by atoms with Crippen molar-refractivity contribution in [2.24, 2.45) is 4.99 Å². The first kappa shape index (κ1) is 21.8. The van der Waals surface area contributed by atoms with Gasteiger partial charge in [-0.25, -0.2) is 9.37 Å². The average molecular weight is 406 g/mol. The van der Waals surface area contributed by atoms with E-state index in [-0.39, 0.29) is 11.9 Å². The van der Waals surface area contributed by atoms with Crippen molar-refractivity contribution < 1.29 is 4.39 Å². The largest absolute Gasteiger partial charge is 0.356 e. The standard InChI is InChI=1S/C21H36FN7/c1-3-27-13-15-28(16-14-27)11-5-4-9-25-21(23-2)26-18-8-12-29(17-18)20-19(22)7-6-10-24-20/h6-7,10,18H,3-5,8-9,11-17H2,1-2H3,(H2,23,25,26). The third kappa shape index (κ3) is 6.54. The first-order chi connectivity index (χ1) is 14.2. The Bertz CT molecular complexity index is 646. The van der Waals surface area contributed by atoms with Crippen LogP contribution in [-0.2, 0) is 0 Å². The second-order valence-corrected chi connectivity index (χ2v) is 7.87. The molecule has 3 rings (SSSR count). The Morgan fingerprint density at radius 2 is 2.00 bits per heavy atom. The molecule has 162 valence electrons. The zero-order valence-corrected chi connectivity index (χ0v) is 17.9. The minimum atomic E-state index is -0.258. The van der Waals surface area contributed by atoms with Crippen molar-refractivity contribution in [1.29, 1.82) is 0 Å². The van der Waals surface area contributed by atoms with Gasteiger partial charge in [0.15, 0.2) is 17.6 Å². The first-order valence-electron chi connectivity index (χ1n) is 11.0. The minimum absolute atomic E-state index is 0.248. The van der Waals surface area contributed by atoms with Gasteiger partial charge in [0.05, 0.1) is 0 Å². The Kier molecular flexibility index (Phi) is 8.49. The van der Waals surface area contributed by atoms with Crippen LogP contribution < -0.4 is 15.5 Å². The molecule has 7 nitrogen and oxygen atoms in total. The molecule has 1 atom stereocenters. The zero-order chi connectivity index (χ0) is 20.5. The molecule has 1 aromatic rings. The van der Waals surface area contributed by atoms with E-state index in [1.165, 1.54) is 51.8 Å². The second kappa shape index (κ2) is 11.3. The van der Waals surface area contributed by atoms with E-state index < -0.39 is 0 Å². The molecule has 0 saturated carbocycles. The number of rotatable bonds is 8. The van der Waals surface area contributed by atoms with Crippen LogP contribution >= 0.6 is 0 Å². The van der Waals surface area contributed by atoms with Gasteiger partial charge in [0, 0.05) is 65.1 Å². The molecule has 8 heteroatoms. The Labute approximate surface area is 174 Å². The van der Waals surface area contributed by atoms with Crippen LogP contribution in [0, 0.1) is 5.82 Å². The zero-order valence-electron chi connectivity index (χ0n) is 17.9. The fraction of sp³-hybridized carbons (Fsp3) is 0.714. The highest BCUT2D eigenvalue weighted by molar-refractivity contribution is 5.80. The van der Waals surface area contributed by atoms with Crippen LogP contribution in [0.4, 0.5) is 10.2 Å². The maximum Gasteiger partial charge on any atom is 0.191 e. The summed E-state index contributed by atoms with van der Waals surface area (Å²) in [6.07, 6.45) is 4.92. The van der Waals surface area contributed by atoms with Crippen LogP contribution in [0.25, 0.3) is 0 Å². The van der Waals surface area contributed by atoms with Crippen molar-refractivity contribution in [1.82, 2.24) is 25.4 Å². The molecule has 0 bridgehead atoms. The number of piperazine rings is 1. The molecule has 0 aromatic carbocycles. The summed E-state index contributed by atoms with van der Waals surface area (Å²) in [6, 6.07) is 3.34. The lowest BCUT2D eigenvalue weighted by atomic mass is 10.2. The number of unbranched alkanes of at least 4 members (excludes halogenated alkanes) is 1. The van der Waals surface area contributed by atoms with Gasteiger partial charge in [-0.3, -0.25) is 4.99 Å². The van der Waals surface area contributed by atoms with Crippen LogP contribution in [0.15, 0.2) is 23.3 Å². The molecule has 2 aliphatic heterocycles. The third-order valence-electron chi connectivity index (χ3n) is 5.90. The highest BCUT2D eigenvalue weighted by Crippen LogP contribution is 2.20. The summed E-state index contributed by atoms with van der Waals surface area (Å²) in [4.78, 5) is 15.6. The molecule has 0 amide bonds. The normalized spacial score (nSPS) is 21.6. The van der Waals surface area contributed by atoms with E-state index in [9.17, 15) is 4.39 Å². The molecule has 2 fully saturated rings. The fourth-order valence-corrected chi connectivity index (χ4v) is 4.06. The number of pyridine rings is 1. The highest BCUT2D eigenvalue weighted by Gasteiger charge is 2.25. The highest BCUT2D eigenvalue weighted by atomic mass is 19.1. The first-order valence-corrected chi connectivity index (χ1v) is 11.0. The van der Waals surface area contributed by atoms with Gasteiger partial charge in [0.25, 0.3) is 0 Å². The Morgan fingerprint density at radius 1 is 1.21 bits per heavy atom. The van der Waals surface area contributed by atoms with Gasteiger partial charge in [0.2, 0.25) is 0 Å². The van der Waals surface area contributed by atoms with Crippen LogP contribution in [0.3, 0.4) is 0 Å². The van der Waals surface area contributed by atoms with E-state index in [1.54, 1.807) is 19.3 Å². The van der Waals surface area contributed by atoms with Gasteiger partial charge in [-0.1, -0.05) is 6.92 Å². The van der Waals surface area contributed by atoms with Crippen molar-refractivity contribution in [2.75, 3.05) is 70.9 Å². The number of aliphatic imine (C=N–C) groups is 1. The Morgan fingerprint density at radius 3 is 2.72 bits per heavy atom. The molecule has 0 radical (unpaired) electrons. The number of anilines is 1. The molecule has 1 unspecified atom stereocenters. The summed E-state index contributed by atoms with van der Waals surface area (Å²) in [7, 11) is 1.80. The summed E-state index contributed by atoms with van der Waals surface area (Å²) in [5.74, 6) is 1.01. The predicted octanol–water partition coefficient (Wildman–Crippen LogP) is 1.38. The lowest BCUT2D eigenvalue weighted by Crippen LogP contribution is -2.46. The molecule has 3 heterocycles. The van der Waals surface area contributed by atoms with Crippen LogP contribution in [0.5, 0.6) is 0 Å². The average Bonchev–Trinajstić information content (AvgIpc) is 3.21. The summed E-state index contributed by atoms with van der Waals surface area (Å²) in [5.41, 5.74) is 0. The topological polar surface area (TPSA) is 59.0 Å². The van der Waals surface area contributed by atoms with E-state index >= 15 is 0 Å². The van der Waals surface area contributed by atoms with Crippen molar-refractivity contribution in [3.8, 4) is 0 Å². The number of aromatic nitrogens is 1. The maximum atomic E-state index is 13.9. The van der Waals surface area contributed by atoms with Gasteiger partial charge < -0.3 is 25.3 Å². The molecular weight excluding hydrogens is 369 g/mol. The number of nitrogens with one attached hydrogen (secondary N) is 2. The van der Waals surface area contributed by atoms with Crippen LogP contribution in [0.2, 0.25) is 0 Å². The van der Waals surface area contributed by atoms with Gasteiger partial charge in [-0.2, -0.15) is 0 Å². The second-order valence-electron chi connectivity index (χ2n) is 7.87. The lowest BCUT2D eigenvalue weighted by molar-refractivity contribution is 0.136. The van der Waals surface area contributed by atoms with Gasteiger partial charge >= 0.3 is 0 Å². The van der Waals surface area contributed by atoms with E-state index in [1.807, 2.05) is 4.90 Å². The summed E-state index contributed by atoms with van der Waals surface area (Å²) < 4.78 is 13.9. The molecule has 0 aliphatic carbocycles. The molecule has 2 aliphatic rings. The fourth-order valence-electron chi connectivity index (χ4n) is 4.06. The van der Waals surface area contributed by atoms with Gasteiger partial charge in [-0.05, 0) is 44.5 Å². The van der Waals surface area contributed by atoms with Crippen molar-refractivity contribution in [3.63, 3.8) is 0 Å². The molecule has 2 N–H and O–H groups in total. The molecule has 29 heavy (non-hydrogen) atoms. The molecule has 0 spiro atoms. The number of hydrogen-bond acceptors (Lipinski definition) is 5. The smallest absolute Gasteiger partial charge is 0.191 e. The Balaban J connectivity index is 1.31. The lowest BCUT2D eigenvalue weighted by Gasteiger charge is -2.34. The van der Waals surface area contributed by atoms with Crippen LogP contribution in [-0.4, -0.2) is 92.7 Å². The van der Waals surface area contributed by atoms with E-state index in [0.29, 0.717) is 5.82 Å². The summed E-state index contributed by atoms with van der Waals surface area (Å²) in [5, 5.41) is 6.89. The number of halogens is 1. The predicted molar refractivity (Wildman–Crippen MR) is 117 cm³/mol. The monoisotopic (exact) mass is 405 g/mol. The number of hydrogen-bond donors (Lipinski definition) is 2. The molecule has 2 saturated heterocycles. The van der Waals surface area contributed by atoms with Gasteiger partial charge in [0.1, 0.15) is 0 Å². The maximum absolute atomic E-state index is 13.9. The van der Waals surface area contributed by atoms with Crippen LogP contribution in [0.1, 0.15) is 26.2 Å². The molecular formula is C21H36FN7. The Hall–Kier alpha value is -1.93. The van der Waals surface area contributed by atoms with E-state index in [0.717, 1.165) is 38.4 Å². The van der Waals surface area contributed by atoms with Crippen molar-refractivity contribution >= 4 is 11.8 Å². The number of nitrogens with zero attached hydrogens (tertiary/aromatic N) is 5. The summed E-state index contributed by atoms with van der Waals surface area (Å²) >= 11 is 0. The number of likely N-dealkylation sites (N-methyl/N-ethyl adjacent to an activating group) is 1. The van der Waals surface area contributed by atoms with Crippen molar-refractivity contribution in [3.05, 3.63) is 24.1 Å². The third-order valence-corrected chi connectivity index (χ3v) is 5.90. The molecule has 1 aromatic heterocycles. The quantitative estimate of drug-likeness (QED) is 0.387. The number of guanidine groups is 1. The van der Waals surface area contributed by atoms with Gasteiger partial charge in [-0.15, -0.1) is 0 Å². The van der Waals surface area contributed by atoms with E-state index in [2.05, 4.69) is 37.3 Å².